The number of allylic oxidation sites excluding steroid dienone is 2. The highest BCUT2D eigenvalue weighted by molar-refractivity contribution is 7.91. The second-order valence-electron chi connectivity index (χ2n) is 12.2. The van der Waals surface area contributed by atoms with Crippen LogP contribution in [0.25, 0.3) is 11.1 Å². The lowest BCUT2D eigenvalue weighted by molar-refractivity contribution is -0.134. The Kier molecular flexibility index (Phi) is 12.1. The maximum atomic E-state index is 13.7. The summed E-state index contributed by atoms with van der Waals surface area (Å²) < 4.78 is 75.0. The van der Waals surface area contributed by atoms with Crippen LogP contribution in [0.4, 0.5) is 17.6 Å². The first-order chi connectivity index (χ1) is 20.5. The summed E-state index contributed by atoms with van der Waals surface area (Å²) in [6.07, 6.45) is 5.71. The van der Waals surface area contributed by atoms with Gasteiger partial charge in [-0.25, -0.2) is 12.8 Å². The third kappa shape index (κ3) is 10.6. The average Bonchev–Trinajstić information content (AvgIpc) is 3.30. The van der Waals surface area contributed by atoms with Crippen molar-refractivity contribution in [3.63, 3.8) is 0 Å². The van der Waals surface area contributed by atoms with Gasteiger partial charge in [0.2, 0.25) is 0 Å². The Morgan fingerprint density at radius 2 is 1.63 bits per heavy atom. The topological polar surface area (TPSA) is 57.6 Å². The minimum absolute atomic E-state index is 0.0340. The van der Waals surface area contributed by atoms with Gasteiger partial charge >= 0.3 is 6.18 Å². The van der Waals surface area contributed by atoms with E-state index in [1.807, 2.05) is 24.3 Å². The number of alkyl halides is 3. The fourth-order valence-corrected chi connectivity index (χ4v) is 8.12. The Labute approximate surface area is 254 Å². The molecule has 0 spiro atoms. The van der Waals surface area contributed by atoms with E-state index in [0.717, 1.165) is 89.3 Å². The highest BCUT2D eigenvalue weighted by Crippen LogP contribution is 2.39. The molecule has 2 aliphatic rings. The van der Waals surface area contributed by atoms with Crippen LogP contribution in [0.3, 0.4) is 0 Å². The van der Waals surface area contributed by atoms with Crippen molar-refractivity contribution in [2.75, 3.05) is 24.6 Å². The summed E-state index contributed by atoms with van der Waals surface area (Å²) in [5.74, 6) is -0.383. The zero-order valence-corrected chi connectivity index (χ0v) is 25.8. The van der Waals surface area contributed by atoms with Crippen molar-refractivity contribution >= 4 is 21.0 Å². The molecule has 2 aromatic carbocycles. The Bertz CT molecular complexity index is 1320. The van der Waals surface area contributed by atoms with E-state index in [4.69, 9.17) is 0 Å². The van der Waals surface area contributed by atoms with E-state index in [1.165, 1.54) is 34.4 Å². The highest BCUT2D eigenvalue weighted by atomic mass is 32.2. The van der Waals surface area contributed by atoms with Crippen molar-refractivity contribution in [3.05, 3.63) is 65.0 Å². The number of halogens is 4. The number of unbranched alkanes of at least 4 members (excludes halogenated alkanes) is 3. The molecule has 238 valence electrons. The number of rotatable bonds is 15. The first-order valence-corrected chi connectivity index (χ1v) is 17.6. The van der Waals surface area contributed by atoms with Gasteiger partial charge in [-0.05, 0) is 136 Å². The third-order valence-corrected chi connectivity index (χ3v) is 10.7. The minimum atomic E-state index is -4.31. The number of sulfone groups is 1. The van der Waals surface area contributed by atoms with Crippen molar-refractivity contribution in [2.45, 2.75) is 102 Å². The molecule has 0 unspecified atom stereocenters. The van der Waals surface area contributed by atoms with Crippen LogP contribution in [0.15, 0.2) is 42.5 Å². The Morgan fingerprint density at radius 1 is 0.884 bits per heavy atom. The molecule has 1 atom stereocenters. The number of fused-ring (bicyclic) bond motifs is 1. The molecule has 1 aliphatic carbocycles. The van der Waals surface area contributed by atoms with Crippen LogP contribution in [-0.2, 0) is 16.3 Å². The highest BCUT2D eigenvalue weighted by Gasteiger charge is 2.28. The normalized spacial score (nSPS) is 18.2. The van der Waals surface area contributed by atoms with Gasteiger partial charge in [-0.1, -0.05) is 31.0 Å². The monoisotopic (exact) mass is 623 g/mol. The molecular weight excluding hydrogens is 578 g/mol. The molecule has 0 aromatic heterocycles. The average molecular weight is 624 g/mol. The smallest absolute Gasteiger partial charge is 0.389 e. The molecule has 0 saturated carbocycles. The van der Waals surface area contributed by atoms with Crippen LogP contribution in [0.1, 0.15) is 100 Å². The first kappa shape index (κ1) is 33.5. The van der Waals surface area contributed by atoms with Gasteiger partial charge in [-0.15, -0.1) is 0 Å². The standard InChI is InChI=1S/C34H45F4NO3S/c35-28-16-14-26(15-17-28)31-13-5-9-27-25-30(40)18-19-32(27)33(31)12-3-1-2-4-21-39-22-6-10-29(39)11-7-23-43(41,42)24-8-20-34(36,37)38/h14-19,25,29,40H,1-13,20-24H2/t29-/m1/s1. The Balaban J connectivity index is 1.24. The molecule has 9 heteroatoms. The lowest BCUT2D eigenvalue weighted by atomic mass is 9.89. The molecule has 1 aliphatic heterocycles. The second-order valence-corrected chi connectivity index (χ2v) is 14.5. The van der Waals surface area contributed by atoms with Crippen molar-refractivity contribution in [3.8, 4) is 5.75 Å². The van der Waals surface area contributed by atoms with E-state index in [0.29, 0.717) is 12.5 Å². The van der Waals surface area contributed by atoms with Crippen molar-refractivity contribution in [1.29, 1.82) is 0 Å². The van der Waals surface area contributed by atoms with Crippen molar-refractivity contribution in [1.82, 2.24) is 4.90 Å². The maximum absolute atomic E-state index is 13.7. The maximum Gasteiger partial charge on any atom is 0.389 e. The minimum Gasteiger partial charge on any atom is -0.508 e. The number of hydrogen-bond acceptors (Lipinski definition) is 4. The van der Waals surface area contributed by atoms with E-state index in [-0.39, 0.29) is 23.7 Å². The van der Waals surface area contributed by atoms with E-state index in [2.05, 4.69) is 4.90 Å². The number of nitrogens with zero attached hydrogens (tertiary/aromatic N) is 1. The lowest BCUT2D eigenvalue weighted by Crippen LogP contribution is -2.30. The predicted molar refractivity (Wildman–Crippen MR) is 165 cm³/mol. The van der Waals surface area contributed by atoms with Crippen LogP contribution in [-0.4, -0.2) is 55.2 Å². The Hall–Kier alpha value is -2.39. The molecule has 0 bridgehead atoms. The summed E-state index contributed by atoms with van der Waals surface area (Å²) in [5, 5.41) is 10.1. The van der Waals surface area contributed by atoms with Crippen molar-refractivity contribution < 1.29 is 31.1 Å². The second kappa shape index (κ2) is 15.6. The van der Waals surface area contributed by atoms with Gasteiger partial charge in [-0.3, -0.25) is 0 Å². The van der Waals surface area contributed by atoms with Crippen LogP contribution < -0.4 is 0 Å². The fraction of sp³-hybridized carbons (Fsp3) is 0.588. The molecule has 2 aromatic rings. The molecule has 1 heterocycles. The van der Waals surface area contributed by atoms with Gasteiger partial charge in [0.25, 0.3) is 0 Å². The summed E-state index contributed by atoms with van der Waals surface area (Å²) >= 11 is 0. The molecule has 1 saturated heterocycles. The molecule has 4 nitrogen and oxygen atoms in total. The number of aryl methyl sites for hydroxylation is 1. The van der Waals surface area contributed by atoms with Crippen LogP contribution in [0.5, 0.6) is 5.75 Å². The predicted octanol–water partition coefficient (Wildman–Crippen LogP) is 8.73. The summed E-state index contributed by atoms with van der Waals surface area (Å²) in [6.45, 7) is 2.00. The molecule has 1 N–H and O–H groups in total. The zero-order valence-electron chi connectivity index (χ0n) is 25.0. The lowest BCUT2D eigenvalue weighted by Gasteiger charge is -2.24. The van der Waals surface area contributed by atoms with E-state index < -0.39 is 28.2 Å². The fourth-order valence-electron chi connectivity index (χ4n) is 6.73. The molecule has 4 rings (SSSR count). The number of likely N-dealkylation sites (tertiary alicyclic amines) is 1. The molecule has 1 fully saturated rings. The van der Waals surface area contributed by atoms with Crippen molar-refractivity contribution in [2.24, 2.45) is 0 Å². The van der Waals surface area contributed by atoms with Gasteiger partial charge in [0.15, 0.2) is 0 Å². The summed E-state index contributed by atoms with van der Waals surface area (Å²) in [4.78, 5) is 2.46. The van der Waals surface area contributed by atoms with Gasteiger partial charge in [0, 0.05) is 12.5 Å². The molecule has 0 radical (unpaired) electrons. The molecular formula is C34H45F4NO3S. The van der Waals surface area contributed by atoms with E-state index >= 15 is 0 Å². The van der Waals surface area contributed by atoms with Gasteiger partial charge in [0.1, 0.15) is 21.4 Å². The van der Waals surface area contributed by atoms with Crippen LogP contribution in [0.2, 0.25) is 0 Å². The SMILES string of the molecule is O=S(=O)(CCC[C@H]1CCCN1CCCCCCC1=C(c2ccc(F)cc2)CCCc2cc(O)ccc21)CCCC(F)(F)F. The number of phenolic OH excluding ortho intramolecular Hbond substituents is 1. The van der Waals surface area contributed by atoms with Crippen LogP contribution in [0, 0.1) is 5.82 Å². The number of aromatic hydroxyl groups is 1. The largest absolute Gasteiger partial charge is 0.508 e. The number of phenols is 1. The van der Waals surface area contributed by atoms with Crippen LogP contribution >= 0.6 is 0 Å². The van der Waals surface area contributed by atoms with Gasteiger partial charge < -0.3 is 10.0 Å². The van der Waals surface area contributed by atoms with E-state index in [9.17, 15) is 31.1 Å². The van der Waals surface area contributed by atoms with E-state index in [1.54, 1.807) is 6.07 Å². The zero-order chi connectivity index (χ0) is 30.9. The first-order valence-electron chi connectivity index (χ1n) is 15.8. The number of benzene rings is 2. The quantitative estimate of drug-likeness (QED) is 0.159. The molecule has 43 heavy (non-hydrogen) atoms. The Morgan fingerprint density at radius 3 is 2.40 bits per heavy atom. The summed E-state index contributed by atoms with van der Waals surface area (Å²) in [5.41, 5.74) is 5.99. The number of hydrogen-bond donors (Lipinski definition) is 1. The summed E-state index contributed by atoms with van der Waals surface area (Å²) in [6, 6.07) is 12.8. The third-order valence-electron chi connectivity index (χ3n) is 8.87. The van der Waals surface area contributed by atoms with Gasteiger partial charge in [-0.2, -0.15) is 13.2 Å². The van der Waals surface area contributed by atoms with Gasteiger partial charge in [0.05, 0.1) is 11.5 Å². The summed E-state index contributed by atoms with van der Waals surface area (Å²) in [7, 11) is -3.45. The molecule has 0 amide bonds.